The molecule has 2 aliphatic rings. The van der Waals surface area contributed by atoms with E-state index >= 15 is 0 Å². The van der Waals surface area contributed by atoms with E-state index in [-0.39, 0.29) is 41.5 Å². The van der Waals surface area contributed by atoms with Crippen LogP contribution in [0, 0.1) is 36.5 Å². The van der Waals surface area contributed by atoms with E-state index in [1.807, 2.05) is 0 Å². The summed E-state index contributed by atoms with van der Waals surface area (Å²) in [6.45, 7) is 10.2. The summed E-state index contributed by atoms with van der Waals surface area (Å²) in [7, 11) is 0. The molecule has 0 amide bonds. The van der Waals surface area contributed by atoms with Gasteiger partial charge in [0.25, 0.3) is 0 Å². The Labute approximate surface area is 242 Å². The molecule has 216 valence electrons. The third kappa shape index (κ3) is 7.39. The minimum Gasteiger partial charge on any atom is -0.300 e. The second kappa shape index (κ2) is 13.9. The largest absolute Gasteiger partial charge is 0.300 e. The molecule has 40 heavy (non-hydrogen) atoms. The Balaban J connectivity index is 1.55. The molecule has 0 aliphatic heterocycles. The minimum atomic E-state index is -0.0998. The Hall–Kier alpha value is -2.55. The van der Waals surface area contributed by atoms with E-state index in [2.05, 4.69) is 64.1 Å². The van der Waals surface area contributed by atoms with Crippen LogP contribution in [0.3, 0.4) is 0 Å². The van der Waals surface area contributed by atoms with Crippen LogP contribution in [0.25, 0.3) is 11.1 Å². The van der Waals surface area contributed by atoms with Crippen LogP contribution in [0.5, 0.6) is 0 Å². The van der Waals surface area contributed by atoms with Gasteiger partial charge < -0.3 is 0 Å². The molecule has 3 heteroatoms. The van der Waals surface area contributed by atoms with Crippen LogP contribution in [-0.2, 0) is 22.4 Å². The minimum absolute atomic E-state index is 0.0321. The van der Waals surface area contributed by atoms with Gasteiger partial charge in [0, 0.05) is 17.9 Å². The van der Waals surface area contributed by atoms with E-state index in [9.17, 15) is 14.4 Å². The Kier molecular flexibility index (Phi) is 10.6. The van der Waals surface area contributed by atoms with Crippen LogP contribution in [0.15, 0.2) is 36.4 Å². The number of Topliss-reactive ketones (excluding diaryl/α,β-unsaturated/α-hetero) is 3. The standard InChI is InChI=1S/C37H50O3/c1-6-8-31(32(7-2)35(39)19-26(5)38)21-29-22-34-33(18-11-25(4)37(34)36(40)23-29)30-16-14-28(15-17-30)20-27-12-9-24(3)10-13-27/h11,14-18,24,27,29,31-32H,6-10,12-13,19-23H2,1-5H3. The molecule has 0 N–H and O–H groups in total. The van der Waals surface area contributed by atoms with Crippen molar-refractivity contribution in [3.05, 3.63) is 58.7 Å². The quantitative estimate of drug-likeness (QED) is 0.251. The zero-order valence-electron chi connectivity index (χ0n) is 25.6. The van der Waals surface area contributed by atoms with Crippen molar-refractivity contribution in [1.82, 2.24) is 0 Å². The van der Waals surface area contributed by atoms with Crippen molar-refractivity contribution in [2.75, 3.05) is 0 Å². The van der Waals surface area contributed by atoms with Gasteiger partial charge in [0.15, 0.2) is 5.78 Å². The van der Waals surface area contributed by atoms with Crippen molar-refractivity contribution >= 4 is 17.3 Å². The van der Waals surface area contributed by atoms with Gasteiger partial charge in [-0.25, -0.2) is 0 Å². The lowest BCUT2D eigenvalue weighted by Gasteiger charge is -2.32. The van der Waals surface area contributed by atoms with E-state index < -0.39 is 0 Å². The zero-order chi connectivity index (χ0) is 28.8. The van der Waals surface area contributed by atoms with Gasteiger partial charge in [0.1, 0.15) is 11.6 Å². The molecule has 0 bridgehead atoms. The third-order valence-corrected chi connectivity index (χ3v) is 9.83. The lowest BCUT2D eigenvalue weighted by Crippen LogP contribution is -2.30. The number of hydrogen-bond acceptors (Lipinski definition) is 3. The molecule has 2 aromatic carbocycles. The Morgan fingerprint density at radius 2 is 1.62 bits per heavy atom. The van der Waals surface area contributed by atoms with Crippen LogP contribution in [-0.4, -0.2) is 17.3 Å². The maximum absolute atomic E-state index is 13.5. The number of ketones is 3. The lowest BCUT2D eigenvalue weighted by atomic mass is 9.71. The van der Waals surface area contributed by atoms with Crippen LogP contribution in [0.2, 0.25) is 0 Å². The van der Waals surface area contributed by atoms with E-state index in [1.54, 1.807) is 0 Å². The fourth-order valence-corrected chi connectivity index (χ4v) is 7.70. The third-order valence-electron chi connectivity index (χ3n) is 9.83. The Morgan fingerprint density at radius 1 is 0.925 bits per heavy atom. The van der Waals surface area contributed by atoms with Gasteiger partial charge in [-0.1, -0.05) is 82.9 Å². The first-order chi connectivity index (χ1) is 19.2. The number of rotatable bonds is 12. The molecule has 0 saturated heterocycles. The smallest absolute Gasteiger partial charge is 0.163 e. The fourth-order valence-electron chi connectivity index (χ4n) is 7.70. The predicted octanol–water partition coefficient (Wildman–Crippen LogP) is 9.16. The van der Waals surface area contributed by atoms with Crippen molar-refractivity contribution in [1.29, 1.82) is 0 Å². The summed E-state index contributed by atoms with van der Waals surface area (Å²) in [5, 5.41) is 0. The average molecular weight is 543 g/mol. The second-order valence-electron chi connectivity index (χ2n) is 13.2. The average Bonchev–Trinajstić information content (AvgIpc) is 2.91. The van der Waals surface area contributed by atoms with Crippen LogP contribution >= 0.6 is 0 Å². The van der Waals surface area contributed by atoms with Crippen LogP contribution in [0.1, 0.15) is 119 Å². The maximum atomic E-state index is 13.5. The first-order valence-corrected chi connectivity index (χ1v) is 16.0. The SMILES string of the molecule is CCCC(CC1CC(=O)c2c(C)ccc(-c3ccc(CC4CCC(C)CC4)cc3)c2C1)C(CC)C(=O)CC(C)=O. The normalized spacial score (nSPS) is 22.4. The highest BCUT2D eigenvalue weighted by atomic mass is 16.1. The lowest BCUT2D eigenvalue weighted by molar-refractivity contribution is -0.129. The van der Waals surface area contributed by atoms with Crippen molar-refractivity contribution in [2.24, 2.45) is 29.6 Å². The monoisotopic (exact) mass is 542 g/mol. The number of aryl methyl sites for hydroxylation is 1. The predicted molar refractivity (Wildman–Crippen MR) is 165 cm³/mol. The topological polar surface area (TPSA) is 51.2 Å². The molecule has 1 fully saturated rings. The van der Waals surface area contributed by atoms with E-state index in [0.29, 0.717) is 6.42 Å². The molecule has 3 atom stereocenters. The van der Waals surface area contributed by atoms with E-state index in [0.717, 1.165) is 55.1 Å². The first-order valence-electron chi connectivity index (χ1n) is 16.0. The summed E-state index contributed by atoms with van der Waals surface area (Å²) in [5.74, 6) is 2.29. The zero-order valence-corrected chi connectivity index (χ0v) is 25.6. The number of hydrogen-bond donors (Lipinski definition) is 0. The molecule has 0 spiro atoms. The molecular weight excluding hydrogens is 492 g/mol. The van der Waals surface area contributed by atoms with Gasteiger partial charge in [0.2, 0.25) is 0 Å². The molecule has 0 aromatic heterocycles. The number of carbonyl (C=O) groups is 3. The van der Waals surface area contributed by atoms with Gasteiger partial charge in [-0.05, 0) is 104 Å². The summed E-state index contributed by atoms with van der Waals surface area (Å²) in [6, 6.07) is 13.4. The maximum Gasteiger partial charge on any atom is 0.163 e. The van der Waals surface area contributed by atoms with E-state index in [4.69, 9.17) is 0 Å². The first kappa shape index (κ1) is 30.4. The van der Waals surface area contributed by atoms with Crippen molar-refractivity contribution in [2.45, 2.75) is 112 Å². The number of fused-ring (bicyclic) bond motifs is 1. The van der Waals surface area contributed by atoms with Crippen molar-refractivity contribution in [3.8, 4) is 11.1 Å². The molecule has 4 rings (SSSR count). The summed E-state index contributed by atoms with van der Waals surface area (Å²) < 4.78 is 0. The van der Waals surface area contributed by atoms with Gasteiger partial charge in [0.05, 0.1) is 6.42 Å². The molecule has 2 aromatic rings. The molecule has 1 saturated carbocycles. The van der Waals surface area contributed by atoms with Crippen LogP contribution in [0.4, 0.5) is 0 Å². The number of benzene rings is 2. The second-order valence-corrected chi connectivity index (χ2v) is 13.2. The Bertz CT molecular complexity index is 1180. The highest BCUT2D eigenvalue weighted by Gasteiger charge is 2.34. The van der Waals surface area contributed by atoms with Gasteiger partial charge in [-0.15, -0.1) is 0 Å². The van der Waals surface area contributed by atoms with Gasteiger partial charge >= 0.3 is 0 Å². The molecule has 0 radical (unpaired) electrons. The summed E-state index contributed by atoms with van der Waals surface area (Å²) in [6.07, 6.45) is 11.6. The molecule has 3 unspecified atom stereocenters. The van der Waals surface area contributed by atoms with E-state index in [1.165, 1.54) is 61.3 Å². The molecule has 0 heterocycles. The molecular formula is C37H50O3. The van der Waals surface area contributed by atoms with Crippen molar-refractivity contribution < 1.29 is 14.4 Å². The summed E-state index contributed by atoms with van der Waals surface area (Å²) in [5.41, 5.74) is 6.97. The summed E-state index contributed by atoms with van der Waals surface area (Å²) in [4.78, 5) is 38.2. The summed E-state index contributed by atoms with van der Waals surface area (Å²) >= 11 is 0. The molecule has 2 aliphatic carbocycles. The van der Waals surface area contributed by atoms with Gasteiger partial charge in [-0.3, -0.25) is 14.4 Å². The van der Waals surface area contributed by atoms with Crippen LogP contribution < -0.4 is 0 Å². The highest BCUT2D eigenvalue weighted by Crippen LogP contribution is 2.40. The number of carbonyl (C=O) groups excluding carboxylic acids is 3. The van der Waals surface area contributed by atoms with Crippen molar-refractivity contribution in [3.63, 3.8) is 0 Å². The molecule has 3 nitrogen and oxygen atoms in total. The highest BCUT2D eigenvalue weighted by molar-refractivity contribution is 6.02. The Morgan fingerprint density at radius 3 is 2.25 bits per heavy atom. The fraction of sp³-hybridized carbons (Fsp3) is 0.595. The van der Waals surface area contributed by atoms with Gasteiger partial charge in [-0.2, -0.15) is 0 Å².